The van der Waals surface area contributed by atoms with Crippen molar-refractivity contribution in [3.63, 3.8) is 0 Å². The molecule has 5 amide bonds. The third-order valence-corrected chi connectivity index (χ3v) is 15.2. The third kappa shape index (κ3) is 9.66. The number of cyclic esters (lactones) is 1. The molecule has 4 aromatic rings. The number of nitrogens with one attached hydrogen (secondary N) is 2. The van der Waals surface area contributed by atoms with E-state index in [4.69, 9.17) is 19.4 Å². The number of likely N-dealkylation sites (N-methyl/N-ethyl adjacent to an activating group) is 1. The molecule has 7 heterocycles. The van der Waals surface area contributed by atoms with Crippen molar-refractivity contribution < 1.29 is 33.4 Å². The smallest absolute Gasteiger partial charge is 0.324 e. The van der Waals surface area contributed by atoms with Crippen LogP contribution in [0, 0.1) is 17.3 Å². The first-order valence-corrected chi connectivity index (χ1v) is 25.0. The van der Waals surface area contributed by atoms with Gasteiger partial charge in [0.2, 0.25) is 11.8 Å². The summed E-state index contributed by atoms with van der Waals surface area (Å²) < 4.78 is 14.3. The molecule has 6 bridgehead atoms. The lowest BCUT2D eigenvalue weighted by molar-refractivity contribution is -0.155. The number of ether oxygens (including phenoxy) is 2. The molecule has 3 saturated heterocycles. The number of carbonyl (C=O) groups is 5. The van der Waals surface area contributed by atoms with Crippen molar-refractivity contribution in [3.8, 4) is 22.5 Å². The molecule has 364 valence electrons. The maximum Gasteiger partial charge on any atom is 0.324 e. The summed E-state index contributed by atoms with van der Waals surface area (Å²) >= 11 is 1.41. The molecule has 4 aliphatic rings. The normalized spacial score (nSPS) is 22.9. The number of urea groups is 1. The van der Waals surface area contributed by atoms with Gasteiger partial charge in [0.1, 0.15) is 18.1 Å². The number of fused-ring (bicyclic) bond motifs is 7. The van der Waals surface area contributed by atoms with E-state index >= 15 is 0 Å². The zero-order valence-corrected chi connectivity index (χ0v) is 41.6. The van der Waals surface area contributed by atoms with E-state index in [2.05, 4.69) is 66.9 Å². The molecule has 68 heavy (non-hydrogen) atoms. The summed E-state index contributed by atoms with van der Waals surface area (Å²) in [7, 11) is 3.31. The van der Waals surface area contributed by atoms with E-state index in [1.165, 1.54) is 27.3 Å². The van der Waals surface area contributed by atoms with Gasteiger partial charge in [-0.1, -0.05) is 40.3 Å². The zero-order chi connectivity index (χ0) is 48.6. The number of nitrogens with zero attached hydrogens (tertiary/aromatic N) is 7. The van der Waals surface area contributed by atoms with Crippen LogP contribution < -0.4 is 10.7 Å². The van der Waals surface area contributed by atoms with Crippen LogP contribution in [0.3, 0.4) is 0 Å². The summed E-state index contributed by atoms with van der Waals surface area (Å²) in [6.45, 7) is 18.4. The molecule has 8 rings (SSSR count). The highest BCUT2D eigenvalue weighted by molar-refractivity contribution is 7.10. The van der Waals surface area contributed by atoms with Crippen LogP contribution in [0.25, 0.3) is 33.4 Å². The van der Waals surface area contributed by atoms with E-state index in [0.29, 0.717) is 57.0 Å². The molecule has 2 N–H and O–H groups in total. The molecule has 0 aliphatic carbocycles. The van der Waals surface area contributed by atoms with Crippen LogP contribution in [0.2, 0.25) is 0 Å². The van der Waals surface area contributed by atoms with Crippen LogP contribution in [0.5, 0.6) is 0 Å². The van der Waals surface area contributed by atoms with Gasteiger partial charge in [0, 0.05) is 92.3 Å². The molecule has 0 radical (unpaired) electrons. The third-order valence-electron chi connectivity index (χ3n) is 14.3. The fraction of sp³-hybridized carbons (Fsp3) is 0.549. The molecule has 16 nitrogen and oxygen atoms in total. The first-order valence-electron chi connectivity index (χ1n) is 24.1. The number of hydrazine groups is 1. The number of amides is 5. The molecule has 0 spiro atoms. The minimum absolute atomic E-state index is 0.0766. The van der Waals surface area contributed by atoms with Crippen molar-refractivity contribution in [3.05, 3.63) is 70.8 Å². The number of hydrogen-bond donors (Lipinski definition) is 2. The van der Waals surface area contributed by atoms with Crippen LogP contribution in [-0.2, 0) is 48.0 Å². The van der Waals surface area contributed by atoms with Crippen molar-refractivity contribution in [2.75, 3.05) is 46.9 Å². The van der Waals surface area contributed by atoms with E-state index in [9.17, 15) is 24.0 Å². The Kier molecular flexibility index (Phi) is 14.4. The summed E-state index contributed by atoms with van der Waals surface area (Å²) in [5.41, 5.74) is 9.28. The maximum absolute atomic E-state index is 14.7. The lowest BCUT2D eigenvalue weighted by Crippen LogP contribution is -2.62. The minimum atomic E-state index is -1.09. The Morgan fingerprint density at radius 3 is 2.63 bits per heavy atom. The number of pyridine rings is 1. The molecule has 1 aromatic carbocycles. The number of thiazole rings is 1. The van der Waals surface area contributed by atoms with E-state index in [-0.39, 0.29) is 48.9 Å². The van der Waals surface area contributed by atoms with Crippen LogP contribution in [0.15, 0.2) is 54.6 Å². The van der Waals surface area contributed by atoms with Gasteiger partial charge in [0.15, 0.2) is 0 Å². The first kappa shape index (κ1) is 48.8. The Labute approximate surface area is 403 Å². The van der Waals surface area contributed by atoms with Crippen LogP contribution in [-0.4, -0.2) is 135 Å². The number of methoxy groups -OCH3 is 1. The van der Waals surface area contributed by atoms with E-state index < -0.39 is 41.3 Å². The number of hydrogen-bond acceptors (Lipinski definition) is 11. The highest BCUT2D eigenvalue weighted by Crippen LogP contribution is 2.42. The number of likely N-dealkylation sites (tertiary alicyclic amines) is 2. The van der Waals surface area contributed by atoms with Gasteiger partial charge < -0.3 is 34.1 Å². The maximum atomic E-state index is 14.7. The summed E-state index contributed by atoms with van der Waals surface area (Å²) in [5.74, 6) is -1.67. The van der Waals surface area contributed by atoms with Crippen LogP contribution in [0.4, 0.5) is 4.79 Å². The van der Waals surface area contributed by atoms with Gasteiger partial charge in [-0.3, -0.25) is 29.2 Å². The van der Waals surface area contributed by atoms with Crippen molar-refractivity contribution >= 4 is 52.0 Å². The highest BCUT2D eigenvalue weighted by atomic mass is 32.1. The monoisotopic (exact) mass is 949 g/mol. The molecule has 3 fully saturated rings. The molecule has 3 aromatic heterocycles. The van der Waals surface area contributed by atoms with E-state index in [0.717, 1.165) is 57.5 Å². The average Bonchev–Trinajstić information content (AvgIpc) is 4.07. The molecule has 17 heteroatoms. The first-order chi connectivity index (χ1) is 32.5. The summed E-state index contributed by atoms with van der Waals surface area (Å²) in [6, 6.07) is 7.20. The Bertz CT molecular complexity index is 2570. The number of carbonyl (C=O) groups excluding carboxylic acids is 5. The minimum Gasteiger partial charge on any atom is -0.464 e. The van der Waals surface area contributed by atoms with Gasteiger partial charge >= 0.3 is 12.0 Å². The molecule has 1 unspecified atom stereocenters. The molecular weight excluding hydrogens is 883 g/mol. The Hall–Kier alpha value is -5.65. The largest absolute Gasteiger partial charge is 0.464 e. The second kappa shape index (κ2) is 20.1. The Morgan fingerprint density at radius 1 is 1.12 bits per heavy atom. The van der Waals surface area contributed by atoms with Crippen molar-refractivity contribution in [1.82, 2.24) is 45.0 Å². The SMILES string of the molecule is C=CC(=O)N1CCC[C@H]2CN(C(=O)N(C)[C@H](C(=O)N[C@H]3Cc4nc(cs4)-c4ccc5c(c4)c(c(-c4cccnc4[C@H](C)OC)n5CC)CC(C)(C)COC(=O)C4CCCN(N4)C3=O)C(C)C)C[C@H]21. The number of aryl methyl sites for hydroxylation is 1. The number of benzene rings is 1. The second-order valence-corrected chi connectivity index (χ2v) is 20.9. The number of aromatic nitrogens is 3. The number of piperidine rings is 1. The van der Waals surface area contributed by atoms with Crippen LogP contribution >= 0.6 is 11.3 Å². The van der Waals surface area contributed by atoms with Crippen molar-refractivity contribution in [2.24, 2.45) is 17.3 Å². The zero-order valence-electron chi connectivity index (χ0n) is 40.7. The van der Waals surface area contributed by atoms with E-state index in [1.54, 1.807) is 25.3 Å². The van der Waals surface area contributed by atoms with Crippen molar-refractivity contribution in [2.45, 2.75) is 117 Å². The van der Waals surface area contributed by atoms with Gasteiger partial charge in [-0.05, 0) is 93.7 Å². The van der Waals surface area contributed by atoms with Crippen molar-refractivity contribution in [1.29, 1.82) is 0 Å². The summed E-state index contributed by atoms with van der Waals surface area (Å²) in [6.07, 6.45) is 6.27. The molecule has 0 saturated carbocycles. The fourth-order valence-electron chi connectivity index (χ4n) is 10.8. The Balaban J connectivity index is 1.14. The lowest BCUT2D eigenvalue weighted by Gasteiger charge is -2.37. The molecular formula is C51H67N9O7S. The second-order valence-electron chi connectivity index (χ2n) is 20.0. The predicted octanol–water partition coefficient (Wildman–Crippen LogP) is 6.39. The number of esters is 1. The number of rotatable bonds is 9. The topological polar surface area (TPSA) is 172 Å². The molecule has 4 aliphatic heterocycles. The summed E-state index contributed by atoms with van der Waals surface area (Å²) in [5, 5.41) is 8.15. The average molecular weight is 950 g/mol. The molecule has 6 atom stereocenters. The van der Waals surface area contributed by atoms with Gasteiger partial charge in [0.25, 0.3) is 5.91 Å². The standard InChI is InChI=1S/C51H67N9O7S/c1-10-43(61)59-21-13-15-33-26-57(27-41(33)59)50(65)56(8)45(30(3)4)47(62)54-38-24-42-53-39(28-68-42)32-18-19-40-35(23-32)36(46(58(40)11-2)34-16-12-20-52-44(34)31(5)66-9)25-51(6,7)29-67-49(64)37-17-14-22-60(55-37)48(38)63/h10,12,16,18-20,23,28,30-31,33,37-38,41,45,55H,1,11,13-15,17,21-22,24-27,29H2,2-9H3,(H,54,62)/t31-,33-,37?,38-,41+,45-/m0/s1. The fourth-order valence-corrected chi connectivity index (χ4v) is 11.7. The van der Waals surface area contributed by atoms with Gasteiger partial charge in [0.05, 0.1) is 40.8 Å². The van der Waals surface area contributed by atoms with Gasteiger partial charge in [-0.15, -0.1) is 11.3 Å². The lowest BCUT2D eigenvalue weighted by atomic mass is 9.84. The van der Waals surface area contributed by atoms with Crippen LogP contribution in [0.1, 0.15) is 89.6 Å². The Morgan fingerprint density at radius 2 is 1.90 bits per heavy atom. The predicted molar refractivity (Wildman–Crippen MR) is 261 cm³/mol. The summed E-state index contributed by atoms with van der Waals surface area (Å²) in [4.78, 5) is 85.2. The van der Waals surface area contributed by atoms with E-state index in [1.807, 2.05) is 37.1 Å². The van der Waals surface area contributed by atoms with Gasteiger partial charge in [-0.2, -0.15) is 0 Å². The quantitative estimate of drug-likeness (QED) is 0.142. The van der Waals surface area contributed by atoms with Gasteiger partial charge in [-0.25, -0.2) is 15.2 Å². The highest BCUT2D eigenvalue weighted by Gasteiger charge is 2.45.